The number of pyridine rings is 1. The Morgan fingerprint density at radius 3 is 2.31 bits per heavy atom. The van der Waals surface area contributed by atoms with Gasteiger partial charge in [0.1, 0.15) is 17.7 Å². The molecule has 2 aromatic carbocycles. The highest BCUT2D eigenvalue weighted by Gasteiger charge is 2.36. The molecule has 0 fully saturated rings. The molecule has 2 amide bonds. The number of halogens is 3. The van der Waals surface area contributed by atoms with E-state index in [1.165, 1.54) is 23.4 Å². The van der Waals surface area contributed by atoms with Gasteiger partial charge in [-0.15, -0.1) is 0 Å². The summed E-state index contributed by atoms with van der Waals surface area (Å²) in [4.78, 5) is 33.2. The van der Waals surface area contributed by atoms with Crippen LogP contribution >= 0.6 is 15.9 Å². The highest BCUT2D eigenvalue weighted by atomic mass is 79.9. The monoisotopic (exact) mass is 764 g/mol. The number of nitrogens with two attached hydrogens (primary N) is 1. The standard InChI is InChI=1S/C36H47BrF2N4O5S/c1-4-7-12-31(9-5-2)49(47,48)23-33(42-35(45)27-17-28(37)20-41-19-27)36(46)43(21-25-11-8-10-24(6-3)13-25)22-34(44)32(40)16-26-14-29(38)18-30(39)15-26/h8,10-11,13-15,17-20,31-34,44H,4-7,9,12,16,21-23,40H2,1-3H3,(H,42,45)/t31?,32-,33+,34+/m0/s1. The van der Waals surface area contributed by atoms with Gasteiger partial charge in [0.15, 0.2) is 9.84 Å². The molecule has 268 valence electrons. The Morgan fingerprint density at radius 1 is 0.980 bits per heavy atom. The van der Waals surface area contributed by atoms with Crippen molar-refractivity contribution in [1.29, 1.82) is 0 Å². The smallest absolute Gasteiger partial charge is 0.253 e. The third-order valence-corrected chi connectivity index (χ3v) is 11.1. The lowest BCUT2D eigenvalue weighted by molar-refractivity contribution is -0.135. The minimum Gasteiger partial charge on any atom is -0.390 e. The molecule has 0 aliphatic heterocycles. The van der Waals surface area contributed by atoms with Crippen molar-refractivity contribution in [1.82, 2.24) is 15.2 Å². The summed E-state index contributed by atoms with van der Waals surface area (Å²) in [5, 5.41) is 13.2. The first kappa shape index (κ1) is 40.2. The van der Waals surface area contributed by atoms with Crippen LogP contribution in [-0.4, -0.2) is 71.0 Å². The molecule has 9 nitrogen and oxygen atoms in total. The van der Waals surface area contributed by atoms with Crippen molar-refractivity contribution < 1.29 is 31.9 Å². The van der Waals surface area contributed by atoms with Gasteiger partial charge in [0.05, 0.1) is 22.7 Å². The summed E-state index contributed by atoms with van der Waals surface area (Å²) < 4.78 is 56.0. The zero-order chi connectivity index (χ0) is 36.1. The largest absolute Gasteiger partial charge is 0.390 e. The van der Waals surface area contributed by atoms with E-state index in [1.54, 1.807) is 6.07 Å². The first-order valence-electron chi connectivity index (χ1n) is 16.6. The van der Waals surface area contributed by atoms with Crippen LogP contribution in [0.3, 0.4) is 0 Å². The second kappa shape index (κ2) is 19.2. The maximum absolute atomic E-state index is 14.5. The van der Waals surface area contributed by atoms with Gasteiger partial charge in [0.2, 0.25) is 5.91 Å². The summed E-state index contributed by atoms with van der Waals surface area (Å²) in [5.41, 5.74) is 8.36. The van der Waals surface area contributed by atoms with E-state index in [9.17, 15) is 31.9 Å². The number of carbonyl (C=O) groups is 2. The molecule has 13 heteroatoms. The molecule has 0 radical (unpaired) electrons. The van der Waals surface area contributed by atoms with Crippen molar-refractivity contribution in [3.05, 3.63) is 99.3 Å². The first-order valence-corrected chi connectivity index (χ1v) is 19.1. The van der Waals surface area contributed by atoms with E-state index in [2.05, 4.69) is 26.2 Å². The molecule has 4 N–H and O–H groups in total. The number of nitrogens with zero attached hydrogens (tertiary/aromatic N) is 2. The quantitative estimate of drug-likeness (QED) is 0.146. The number of carbonyl (C=O) groups excluding carboxylic acids is 2. The lowest BCUT2D eigenvalue weighted by Gasteiger charge is -2.32. The van der Waals surface area contributed by atoms with Gasteiger partial charge in [0.25, 0.3) is 5.91 Å². The van der Waals surface area contributed by atoms with Gasteiger partial charge in [0, 0.05) is 42.1 Å². The van der Waals surface area contributed by atoms with E-state index >= 15 is 0 Å². The van der Waals surface area contributed by atoms with Crippen molar-refractivity contribution >= 4 is 37.6 Å². The second-order valence-electron chi connectivity index (χ2n) is 12.4. The Kier molecular flexibility index (Phi) is 15.8. The van der Waals surface area contributed by atoms with Crippen molar-refractivity contribution in [3.63, 3.8) is 0 Å². The number of nitrogens with one attached hydrogen (secondary N) is 1. The average molecular weight is 766 g/mol. The fraction of sp³-hybridized carbons (Fsp3) is 0.472. The molecule has 0 aliphatic carbocycles. The van der Waals surface area contributed by atoms with Gasteiger partial charge in [-0.05, 0) is 76.5 Å². The van der Waals surface area contributed by atoms with Gasteiger partial charge in [-0.25, -0.2) is 17.2 Å². The molecule has 0 spiro atoms. The van der Waals surface area contributed by atoms with Gasteiger partial charge >= 0.3 is 0 Å². The number of aromatic nitrogens is 1. The predicted octanol–water partition coefficient (Wildman–Crippen LogP) is 5.52. The fourth-order valence-electron chi connectivity index (χ4n) is 5.70. The number of benzene rings is 2. The summed E-state index contributed by atoms with van der Waals surface area (Å²) in [6.07, 6.45) is 5.02. The average Bonchev–Trinajstić information content (AvgIpc) is 3.05. The molecule has 3 aromatic rings. The Morgan fingerprint density at radius 2 is 1.67 bits per heavy atom. The van der Waals surface area contributed by atoms with E-state index < -0.39 is 62.5 Å². The zero-order valence-electron chi connectivity index (χ0n) is 28.2. The van der Waals surface area contributed by atoms with Crippen LogP contribution in [0.5, 0.6) is 0 Å². The predicted molar refractivity (Wildman–Crippen MR) is 190 cm³/mol. The molecular formula is C36H47BrF2N4O5S. The fourth-order valence-corrected chi connectivity index (χ4v) is 8.15. The summed E-state index contributed by atoms with van der Waals surface area (Å²) in [6, 6.07) is 9.42. The second-order valence-corrected chi connectivity index (χ2v) is 15.6. The third kappa shape index (κ3) is 12.5. The van der Waals surface area contributed by atoms with Crippen molar-refractivity contribution in [2.45, 2.75) is 95.7 Å². The number of rotatable bonds is 19. The minimum absolute atomic E-state index is 0.0237. The minimum atomic E-state index is -3.89. The lowest BCUT2D eigenvalue weighted by Crippen LogP contribution is -2.55. The van der Waals surface area contributed by atoms with Crippen LogP contribution in [0.15, 0.2) is 65.4 Å². The molecule has 49 heavy (non-hydrogen) atoms. The molecule has 1 unspecified atom stereocenters. The van der Waals surface area contributed by atoms with Crippen LogP contribution in [-0.2, 0) is 34.0 Å². The Bertz CT molecular complexity index is 1640. The maximum atomic E-state index is 14.5. The van der Waals surface area contributed by atoms with Gasteiger partial charge in [-0.3, -0.25) is 14.6 Å². The Hall–Kier alpha value is -3.26. The van der Waals surface area contributed by atoms with Crippen LogP contribution in [0.1, 0.15) is 79.9 Å². The van der Waals surface area contributed by atoms with Crippen LogP contribution in [0.2, 0.25) is 0 Å². The molecule has 0 saturated heterocycles. The van der Waals surface area contributed by atoms with Gasteiger partial charge in [-0.2, -0.15) is 0 Å². The van der Waals surface area contributed by atoms with Crippen molar-refractivity contribution in [3.8, 4) is 0 Å². The number of hydrogen-bond donors (Lipinski definition) is 3. The highest BCUT2D eigenvalue weighted by Crippen LogP contribution is 2.20. The van der Waals surface area contributed by atoms with E-state index in [1.807, 2.05) is 39.0 Å². The number of unbranched alkanes of at least 4 members (excludes halogenated alkanes) is 1. The number of aryl methyl sites for hydroxylation is 1. The van der Waals surface area contributed by atoms with E-state index in [-0.39, 0.29) is 30.6 Å². The normalized spacial score (nSPS) is 14.1. The number of aliphatic hydroxyl groups is 1. The van der Waals surface area contributed by atoms with Crippen LogP contribution in [0.4, 0.5) is 8.78 Å². The number of sulfone groups is 1. The van der Waals surface area contributed by atoms with Crippen molar-refractivity contribution in [2.75, 3.05) is 12.3 Å². The number of amides is 2. The SMILES string of the molecule is CCCCC(CCC)S(=O)(=O)C[C@@H](NC(=O)c1cncc(Br)c1)C(=O)N(Cc1cccc(CC)c1)C[C@@H](O)[C@@H](N)Cc1cc(F)cc(F)c1. The molecule has 0 bridgehead atoms. The molecule has 3 rings (SSSR count). The zero-order valence-corrected chi connectivity index (χ0v) is 30.7. The van der Waals surface area contributed by atoms with Crippen molar-refractivity contribution in [2.24, 2.45) is 5.73 Å². The topological polar surface area (TPSA) is 143 Å². The Labute approximate surface area is 296 Å². The first-order chi connectivity index (χ1) is 23.3. The van der Waals surface area contributed by atoms with Gasteiger partial charge in [-0.1, -0.05) is 64.3 Å². The molecular weight excluding hydrogens is 718 g/mol. The highest BCUT2D eigenvalue weighted by molar-refractivity contribution is 9.10. The van der Waals surface area contributed by atoms with E-state index in [0.717, 1.165) is 42.2 Å². The molecule has 0 aliphatic rings. The molecule has 1 heterocycles. The van der Waals surface area contributed by atoms with E-state index in [0.29, 0.717) is 30.2 Å². The summed E-state index contributed by atoms with van der Waals surface area (Å²) in [5.74, 6) is -3.64. The number of hydrogen-bond acceptors (Lipinski definition) is 7. The molecule has 0 saturated carbocycles. The molecule has 1 aromatic heterocycles. The summed E-state index contributed by atoms with van der Waals surface area (Å²) in [6.45, 7) is 5.49. The Balaban J connectivity index is 2.00. The number of aliphatic hydroxyl groups excluding tert-OH is 1. The third-order valence-electron chi connectivity index (χ3n) is 8.35. The van der Waals surface area contributed by atoms with Crippen LogP contribution in [0.25, 0.3) is 0 Å². The lowest BCUT2D eigenvalue weighted by atomic mass is 10.0. The van der Waals surface area contributed by atoms with Gasteiger partial charge < -0.3 is 21.1 Å². The molecule has 4 atom stereocenters. The maximum Gasteiger partial charge on any atom is 0.253 e. The van der Waals surface area contributed by atoms with Crippen LogP contribution in [0, 0.1) is 11.6 Å². The van der Waals surface area contributed by atoms with Crippen LogP contribution < -0.4 is 11.1 Å². The summed E-state index contributed by atoms with van der Waals surface area (Å²) in [7, 11) is -3.89. The van der Waals surface area contributed by atoms with E-state index in [4.69, 9.17) is 5.73 Å². The summed E-state index contributed by atoms with van der Waals surface area (Å²) >= 11 is 3.28.